The highest BCUT2D eigenvalue weighted by atomic mass is 16.5. The van der Waals surface area contributed by atoms with E-state index in [1.165, 1.54) is 14.0 Å². The van der Waals surface area contributed by atoms with Crippen molar-refractivity contribution in [3.63, 3.8) is 0 Å². The number of hydrogen-bond donors (Lipinski definition) is 0. The van der Waals surface area contributed by atoms with Gasteiger partial charge in [0.15, 0.2) is 0 Å². The summed E-state index contributed by atoms with van der Waals surface area (Å²) in [4.78, 5) is 33.4. The van der Waals surface area contributed by atoms with Gasteiger partial charge in [-0.05, 0) is 20.3 Å². The summed E-state index contributed by atoms with van der Waals surface area (Å²) in [5.41, 5.74) is 0. The number of methoxy groups -OCH3 is 1. The van der Waals surface area contributed by atoms with E-state index in [2.05, 4.69) is 4.74 Å². The third-order valence-electron chi connectivity index (χ3n) is 2.15. The summed E-state index contributed by atoms with van der Waals surface area (Å²) in [5.74, 6) is -1.83. The van der Waals surface area contributed by atoms with E-state index in [1.807, 2.05) is 0 Å². The van der Waals surface area contributed by atoms with Crippen LogP contribution < -0.4 is 0 Å². The van der Waals surface area contributed by atoms with Gasteiger partial charge in [-0.15, -0.1) is 0 Å². The van der Waals surface area contributed by atoms with Crippen molar-refractivity contribution in [1.82, 2.24) is 0 Å². The minimum atomic E-state index is -0.757. The van der Waals surface area contributed by atoms with Crippen LogP contribution in [0.15, 0.2) is 0 Å². The summed E-state index contributed by atoms with van der Waals surface area (Å²) >= 11 is 0. The standard InChI is InChI=1S/C11H18O5/c1-4-16-10(13)7-5-6-9(12)8(2)11(14)15-3/h8H,4-7H2,1-3H3. The number of carbonyl (C=O) groups is 3. The van der Waals surface area contributed by atoms with Crippen LogP contribution in [0.2, 0.25) is 0 Å². The third kappa shape index (κ3) is 5.48. The van der Waals surface area contributed by atoms with E-state index in [0.29, 0.717) is 13.0 Å². The Morgan fingerprint density at radius 1 is 1.19 bits per heavy atom. The van der Waals surface area contributed by atoms with Crippen LogP contribution in [0.4, 0.5) is 0 Å². The van der Waals surface area contributed by atoms with Crippen LogP contribution in [-0.4, -0.2) is 31.4 Å². The fourth-order valence-electron chi connectivity index (χ4n) is 1.16. The summed E-state index contributed by atoms with van der Waals surface area (Å²) in [5, 5.41) is 0. The molecule has 0 aliphatic carbocycles. The number of ether oxygens (including phenoxy) is 2. The van der Waals surface area contributed by atoms with Crippen LogP contribution in [-0.2, 0) is 23.9 Å². The van der Waals surface area contributed by atoms with E-state index in [0.717, 1.165) is 0 Å². The van der Waals surface area contributed by atoms with E-state index in [9.17, 15) is 14.4 Å². The lowest BCUT2D eigenvalue weighted by Crippen LogP contribution is -2.22. The molecular formula is C11H18O5. The molecule has 0 amide bonds. The van der Waals surface area contributed by atoms with Crippen LogP contribution in [0.1, 0.15) is 33.1 Å². The predicted molar refractivity (Wildman–Crippen MR) is 56.7 cm³/mol. The molecule has 1 atom stereocenters. The Labute approximate surface area is 95.1 Å². The van der Waals surface area contributed by atoms with Crippen molar-refractivity contribution < 1.29 is 23.9 Å². The van der Waals surface area contributed by atoms with Crippen LogP contribution in [0, 0.1) is 5.92 Å². The summed E-state index contributed by atoms with van der Waals surface area (Å²) in [6.45, 7) is 3.56. The van der Waals surface area contributed by atoms with Crippen molar-refractivity contribution in [2.75, 3.05) is 13.7 Å². The molecule has 0 rings (SSSR count). The highest BCUT2D eigenvalue weighted by Crippen LogP contribution is 2.07. The van der Waals surface area contributed by atoms with Crippen molar-refractivity contribution in [3.8, 4) is 0 Å². The average Bonchev–Trinajstić information content (AvgIpc) is 2.27. The van der Waals surface area contributed by atoms with Crippen LogP contribution in [0.25, 0.3) is 0 Å². The maximum absolute atomic E-state index is 11.4. The molecule has 1 unspecified atom stereocenters. The zero-order chi connectivity index (χ0) is 12.6. The van der Waals surface area contributed by atoms with Gasteiger partial charge in [0, 0.05) is 12.8 Å². The molecule has 0 fully saturated rings. The van der Waals surface area contributed by atoms with Gasteiger partial charge in [0.2, 0.25) is 0 Å². The monoisotopic (exact) mass is 230 g/mol. The lowest BCUT2D eigenvalue weighted by atomic mass is 10.0. The molecule has 5 heteroatoms. The first kappa shape index (κ1) is 14.6. The molecule has 92 valence electrons. The highest BCUT2D eigenvalue weighted by Gasteiger charge is 2.21. The zero-order valence-electron chi connectivity index (χ0n) is 9.95. The number of Topliss-reactive ketones (excluding diaryl/α,β-unsaturated/α-hetero) is 1. The van der Waals surface area contributed by atoms with Gasteiger partial charge in [-0.2, -0.15) is 0 Å². The molecule has 16 heavy (non-hydrogen) atoms. The number of carbonyl (C=O) groups excluding carboxylic acids is 3. The molecule has 0 aliphatic heterocycles. The van der Waals surface area contributed by atoms with Gasteiger partial charge in [0.05, 0.1) is 13.7 Å². The molecule has 0 saturated heterocycles. The predicted octanol–water partition coefficient (Wildman–Crippen LogP) is 1.10. The highest BCUT2D eigenvalue weighted by molar-refractivity contribution is 5.98. The van der Waals surface area contributed by atoms with Gasteiger partial charge in [0.25, 0.3) is 0 Å². The fourth-order valence-corrected chi connectivity index (χ4v) is 1.16. The van der Waals surface area contributed by atoms with Gasteiger partial charge in [-0.25, -0.2) is 0 Å². The van der Waals surface area contributed by atoms with E-state index >= 15 is 0 Å². The average molecular weight is 230 g/mol. The topological polar surface area (TPSA) is 69.7 Å². The van der Waals surface area contributed by atoms with Crippen LogP contribution >= 0.6 is 0 Å². The molecule has 0 aromatic heterocycles. The molecule has 0 aromatic rings. The van der Waals surface area contributed by atoms with Crippen molar-refractivity contribution in [2.45, 2.75) is 33.1 Å². The molecule has 0 radical (unpaired) electrons. The van der Waals surface area contributed by atoms with E-state index in [-0.39, 0.29) is 24.6 Å². The second-order valence-corrected chi connectivity index (χ2v) is 3.37. The molecule has 0 spiro atoms. The lowest BCUT2D eigenvalue weighted by molar-refractivity contribution is -0.148. The quantitative estimate of drug-likeness (QED) is 0.484. The smallest absolute Gasteiger partial charge is 0.315 e. The Bertz CT molecular complexity index is 259. The van der Waals surface area contributed by atoms with Gasteiger partial charge in [0.1, 0.15) is 11.7 Å². The van der Waals surface area contributed by atoms with Crippen LogP contribution in [0.3, 0.4) is 0 Å². The number of esters is 2. The van der Waals surface area contributed by atoms with E-state index in [4.69, 9.17) is 4.74 Å². The molecule has 0 aliphatic rings. The van der Waals surface area contributed by atoms with Crippen molar-refractivity contribution in [2.24, 2.45) is 5.92 Å². The molecule has 0 N–H and O–H groups in total. The Balaban J connectivity index is 3.81. The molecule has 0 heterocycles. The maximum atomic E-state index is 11.4. The third-order valence-corrected chi connectivity index (χ3v) is 2.15. The Kier molecular flexibility index (Phi) is 7.16. The second-order valence-electron chi connectivity index (χ2n) is 3.37. The molecule has 5 nitrogen and oxygen atoms in total. The molecule has 0 bridgehead atoms. The van der Waals surface area contributed by atoms with Crippen molar-refractivity contribution in [3.05, 3.63) is 0 Å². The zero-order valence-corrected chi connectivity index (χ0v) is 9.95. The lowest BCUT2D eigenvalue weighted by Gasteiger charge is -2.07. The first-order valence-corrected chi connectivity index (χ1v) is 5.29. The van der Waals surface area contributed by atoms with Gasteiger partial charge in [-0.3, -0.25) is 14.4 Å². The normalized spacial score (nSPS) is 11.7. The van der Waals surface area contributed by atoms with Crippen molar-refractivity contribution in [1.29, 1.82) is 0 Å². The molecular weight excluding hydrogens is 212 g/mol. The first-order valence-electron chi connectivity index (χ1n) is 5.29. The first-order chi connectivity index (χ1) is 7.52. The van der Waals surface area contributed by atoms with E-state index in [1.54, 1.807) is 6.92 Å². The van der Waals surface area contributed by atoms with Gasteiger partial charge < -0.3 is 9.47 Å². The summed E-state index contributed by atoms with van der Waals surface area (Å²) in [6, 6.07) is 0. The van der Waals surface area contributed by atoms with Crippen LogP contribution in [0.5, 0.6) is 0 Å². The molecule has 0 aromatic carbocycles. The largest absolute Gasteiger partial charge is 0.468 e. The number of hydrogen-bond acceptors (Lipinski definition) is 5. The fraction of sp³-hybridized carbons (Fsp3) is 0.727. The minimum Gasteiger partial charge on any atom is -0.468 e. The van der Waals surface area contributed by atoms with Crippen molar-refractivity contribution >= 4 is 17.7 Å². The summed E-state index contributed by atoms with van der Waals surface area (Å²) < 4.78 is 9.16. The van der Waals surface area contributed by atoms with Gasteiger partial charge in [-0.1, -0.05) is 0 Å². The molecule has 0 saturated carbocycles. The van der Waals surface area contributed by atoms with Gasteiger partial charge >= 0.3 is 11.9 Å². The number of ketones is 1. The summed E-state index contributed by atoms with van der Waals surface area (Å²) in [6.07, 6.45) is 0.793. The SMILES string of the molecule is CCOC(=O)CCCC(=O)C(C)C(=O)OC. The Morgan fingerprint density at radius 3 is 2.31 bits per heavy atom. The minimum absolute atomic E-state index is 0.190. The second kappa shape index (κ2) is 7.84. The summed E-state index contributed by atoms with van der Waals surface area (Å²) in [7, 11) is 1.24. The Hall–Kier alpha value is -1.39. The maximum Gasteiger partial charge on any atom is 0.315 e. The Morgan fingerprint density at radius 2 is 1.81 bits per heavy atom. The van der Waals surface area contributed by atoms with E-state index < -0.39 is 11.9 Å². The number of rotatable bonds is 7.